The molecule has 1 aliphatic carbocycles. The molecular formula is C14H21FN4. The molecule has 0 radical (unpaired) electrons. The minimum atomic E-state index is -0.241. The highest BCUT2D eigenvalue weighted by Gasteiger charge is 2.17. The number of hydrogen-bond donors (Lipinski definition) is 2. The van der Waals surface area contributed by atoms with Crippen LogP contribution in [-0.2, 0) is 0 Å². The van der Waals surface area contributed by atoms with Crippen LogP contribution >= 0.6 is 0 Å². The number of aliphatic imine (C=N–C) groups is 1. The molecular weight excluding hydrogens is 243 g/mol. The standard InChI is InChI=1S/C14H21FN4/c1-2-19(13-9-7-11(15)8-10-13)14(18-16)17-12-5-3-4-6-12/h7-10,12H,2-6,16H2,1H3,(H,17,18). The monoisotopic (exact) mass is 264 g/mol. The summed E-state index contributed by atoms with van der Waals surface area (Å²) in [6.07, 6.45) is 4.70. The first-order valence-electron chi connectivity index (χ1n) is 6.82. The molecule has 2 rings (SSSR count). The maximum atomic E-state index is 13.0. The van der Waals surface area contributed by atoms with Gasteiger partial charge in [0.15, 0.2) is 0 Å². The van der Waals surface area contributed by atoms with Crippen molar-refractivity contribution in [2.24, 2.45) is 10.8 Å². The fourth-order valence-corrected chi connectivity index (χ4v) is 2.47. The lowest BCUT2D eigenvalue weighted by Gasteiger charge is -2.25. The summed E-state index contributed by atoms with van der Waals surface area (Å²) in [6.45, 7) is 2.74. The Hall–Kier alpha value is -1.62. The number of nitrogens with zero attached hydrogens (tertiary/aromatic N) is 2. The van der Waals surface area contributed by atoms with Crippen LogP contribution in [0.15, 0.2) is 29.3 Å². The first-order chi connectivity index (χ1) is 9.24. The van der Waals surface area contributed by atoms with Crippen LogP contribution in [-0.4, -0.2) is 18.5 Å². The number of halogens is 1. The zero-order valence-corrected chi connectivity index (χ0v) is 11.3. The van der Waals surface area contributed by atoms with Crippen LogP contribution < -0.4 is 16.2 Å². The van der Waals surface area contributed by atoms with Gasteiger partial charge in [-0.15, -0.1) is 0 Å². The molecule has 0 amide bonds. The van der Waals surface area contributed by atoms with E-state index in [9.17, 15) is 4.39 Å². The number of nitrogens with two attached hydrogens (primary N) is 1. The van der Waals surface area contributed by atoms with E-state index in [1.807, 2.05) is 11.8 Å². The molecule has 19 heavy (non-hydrogen) atoms. The topological polar surface area (TPSA) is 53.6 Å². The minimum absolute atomic E-state index is 0.241. The number of rotatable bonds is 3. The van der Waals surface area contributed by atoms with E-state index in [0.717, 1.165) is 25.1 Å². The van der Waals surface area contributed by atoms with Crippen LogP contribution in [0, 0.1) is 5.82 Å². The summed E-state index contributed by atoms with van der Waals surface area (Å²) in [5, 5.41) is 0. The SMILES string of the molecule is CCN(C(=NC1CCCC1)NN)c1ccc(F)cc1. The van der Waals surface area contributed by atoms with Crippen molar-refractivity contribution in [3.63, 3.8) is 0 Å². The fourth-order valence-electron chi connectivity index (χ4n) is 2.47. The summed E-state index contributed by atoms with van der Waals surface area (Å²) in [5.41, 5.74) is 3.56. The summed E-state index contributed by atoms with van der Waals surface area (Å²) in [5.74, 6) is 6.01. The lowest BCUT2D eigenvalue weighted by Crippen LogP contribution is -2.45. The summed E-state index contributed by atoms with van der Waals surface area (Å²) >= 11 is 0. The van der Waals surface area contributed by atoms with Gasteiger partial charge in [0.1, 0.15) is 5.82 Å². The highest BCUT2D eigenvalue weighted by molar-refractivity contribution is 5.95. The number of anilines is 1. The second kappa shape index (κ2) is 6.52. The van der Waals surface area contributed by atoms with Gasteiger partial charge in [0.05, 0.1) is 6.04 Å². The Bertz CT molecular complexity index is 424. The largest absolute Gasteiger partial charge is 0.312 e. The van der Waals surface area contributed by atoms with Gasteiger partial charge >= 0.3 is 0 Å². The van der Waals surface area contributed by atoms with Gasteiger partial charge in [0.2, 0.25) is 5.96 Å². The van der Waals surface area contributed by atoms with E-state index >= 15 is 0 Å². The van der Waals surface area contributed by atoms with Crippen LogP contribution in [0.3, 0.4) is 0 Å². The van der Waals surface area contributed by atoms with Crippen molar-refractivity contribution >= 4 is 11.6 Å². The minimum Gasteiger partial charge on any atom is -0.312 e. The second-order valence-electron chi connectivity index (χ2n) is 4.76. The third-order valence-electron chi connectivity index (χ3n) is 3.47. The number of benzene rings is 1. The molecule has 1 aromatic rings. The molecule has 3 N–H and O–H groups in total. The number of guanidine groups is 1. The Kier molecular flexibility index (Phi) is 4.74. The zero-order chi connectivity index (χ0) is 13.7. The van der Waals surface area contributed by atoms with Crippen molar-refractivity contribution in [1.29, 1.82) is 0 Å². The number of hydrogen-bond acceptors (Lipinski definition) is 2. The first-order valence-corrected chi connectivity index (χ1v) is 6.82. The Labute approximate surface area is 113 Å². The molecule has 5 heteroatoms. The van der Waals surface area contributed by atoms with Crippen LogP contribution in [0.2, 0.25) is 0 Å². The third kappa shape index (κ3) is 3.44. The van der Waals surface area contributed by atoms with E-state index in [2.05, 4.69) is 10.4 Å². The molecule has 1 aliphatic rings. The van der Waals surface area contributed by atoms with Crippen molar-refractivity contribution in [2.75, 3.05) is 11.4 Å². The Morgan fingerprint density at radius 2 is 2.00 bits per heavy atom. The summed E-state index contributed by atoms with van der Waals surface area (Å²) < 4.78 is 13.0. The average Bonchev–Trinajstić information content (AvgIpc) is 2.93. The van der Waals surface area contributed by atoms with E-state index < -0.39 is 0 Å². The van der Waals surface area contributed by atoms with Gasteiger partial charge in [0, 0.05) is 12.2 Å². The van der Waals surface area contributed by atoms with E-state index in [1.54, 1.807) is 12.1 Å². The van der Waals surface area contributed by atoms with Crippen LogP contribution in [0.5, 0.6) is 0 Å². The number of nitrogens with one attached hydrogen (secondary N) is 1. The summed E-state index contributed by atoms with van der Waals surface area (Å²) in [6, 6.07) is 6.71. The maximum absolute atomic E-state index is 13.0. The van der Waals surface area contributed by atoms with Crippen LogP contribution in [0.25, 0.3) is 0 Å². The van der Waals surface area contributed by atoms with Crippen LogP contribution in [0.4, 0.5) is 10.1 Å². The van der Waals surface area contributed by atoms with E-state index in [4.69, 9.17) is 5.84 Å². The van der Waals surface area contributed by atoms with Gasteiger partial charge in [-0.25, -0.2) is 15.2 Å². The van der Waals surface area contributed by atoms with Gasteiger partial charge in [-0.3, -0.25) is 5.43 Å². The van der Waals surface area contributed by atoms with Gasteiger partial charge in [-0.1, -0.05) is 12.8 Å². The van der Waals surface area contributed by atoms with Crippen molar-refractivity contribution in [1.82, 2.24) is 5.43 Å². The lowest BCUT2D eigenvalue weighted by atomic mass is 10.2. The number of hydrazine groups is 1. The van der Waals surface area contributed by atoms with E-state index in [0.29, 0.717) is 12.0 Å². The molecule has 1 aromatic carbocycles. The fraction of sp³-hybridized carbons (Fsp3) is 0.500. The molecule has 1 fully saturated rings. The van der Waals surface area contributed by atoms with Crippen molar-refractivity contribution in [3.05, 3.63) is 30.1 Å². The summed E-state index contributed by atoms with van der Waals surface area (Å²) in [4.78, 5) is 6.63. The van der Waals surface area contributed by atoms with Gasteiger partial charge in [-0.05, 0) is 44.0 Å². The van der Waals surface area contributed by atoms with Crippen LogP contribution in [0.1, 0.15) is 32.6 Å². The van der Waals surface area contributed by atoms with Crippen molar-refractivity contribution in [2.45, 2.75) is 38.6 Å². The zero-order valence-electron chi connectivity index (χ0n) is 11.3. The molecule has 0 bridgehead atoms. The first kappa shape index (κ1) is 13.8. The Morgan fingerprint density at radius 1 is 1.37 bits per heavy atom. The molecule has 0 aliphatic heterocycles. The molecule has 0 atom stereocenters. The maximum Gasteiger partial charge on any atom is 0.213 e. The van der Waals surface area contributed by atoms with Gasteiger partial charge < -0.3 is 4.90 Å². The van der Waals surface area contributed by atoms with Crippen molar-refractivity contribution < 1.29 is 4.39 Å². The second-order valence-corrected chi connectivity index (χ2v) is 4.76. The normalized spacial score (nSPS) is 16.7. The smallest absolute Gasteiger partial charge is 0.213 e. The molecule has 104 valence electrons. The molecule has 4 nitrogen and oxygen atoms in total. The third-order valence-corrected chi connectivity index (χ3v) is 3.47. The molecule has 0 spiro atoms. The van der Waals surface area contributed by atoms with E-state index in [-0.39, 0.29) is 5.82 Å². The Balaban J connectivity index is 2.20. The Morgan fingerprint density at radius 3 is 2.53 bits per heavy atom. The molecule has 0 unspecified atom stereocenters. The predicted octanol–water partition coefficient (Wildman–Crippen LogP) is 2.41. The predicted molar refractivity (Wildman–Crippen MR) is 76.4 cm³/mol. The highest BCUT2D eigenvalue weighted by Crippen LogP contribution is 2.22. The quantitative estimate of drug-likeness (QED) is 0.381. The van der Waals surface area contributed by atoms with Crippen molar-refractivity contribution in [3.8, 4) is 0 Å². The average molecular weight is 264 g/mol. The molecule has 0 aromatic heterocycles. The molecule has 0 heterocycles. The van der Waals surface area contributed by atoms with E-state index in [1.165, 1.54) is 25.0 Å². The van der Waals surface area contributed by atoms with Gasteiger partial charge in [-0.2, -0.15) is 0 Å². The highest BCUT2D eigenvalue weighted by atomic mass is 19.1. The van der Waals surface area contributed by atoms with Gasteiger partial charge in [0.25, 0.3) is 0 Å². The summed E-state index contributed by atoms with van der Waals surface area (Å²) in [7, 11) is 0. The lowest BCUT2D eigenvalue weighted by molar-refractivity contribution is 0.627. The molecule has 0 saturated heterocycles. The molecule has 1 saturated carbocycles.